The standard InChI is InChI=1S/C11H16N2O/c1-9-5-10(7-12-6-9)11(14)3-4-13(2)8-11/h5-7,14H,3-4,8H2,1-2H3. The van der Waals surface area contributed by atoms with E-state index in [2.05, 4.69) is 9.88 Å². The zero-order valence-corrected chi connectivity index (χ0v) is 8.70. The quantitative estimate of drug-likeness (QED) is 0.718. The molecule has 0 aliphatic carbocycles. The summed E-state index contributed by atoms with van der Waals surface area (Å²) in [5.74, 6) is 0. The van der Waals surface area contributed by atoms with Crippen LogP contribution >= 0.6 is 0 Å². The lowest BCUT2D eigenvalue weighted by Gasteiger charge is -2.22. The van der Waals surface area contributed by atoms with Gasteiger partial charge in [0.1, 0.15) is 5.60 Å². The highest BCUT2D eigenvalue weighted by molar-refractivity contribution is 5.24. The van der Waals surface area contributed by atoms with Crippen LogP contribution in [0.1, 0.15) is 17.5 Å². The summed E-state index contributed by atoms with van der Waals surface area (Å²) in [6, 6.07) is 2.02. The molecule has 0 radical (unpaired) electrons. The molecule has 1 aliphatic heterocycles. The van der Waals surface area contributed by atoms with Gasteiger partial charge in [-0.25, -0.2) is 0 Å². The minimum Gasteiger partial charge on any atom is -0.384 e. The van der Waals surface area contributed by atoms with E-state index >= 15 is 0 Å². The number of hydrogen-bond acceptors (Lipinski definition) is 3. The van der Waals surface area contributed by atoms with E-state index in [4.69, 9.17) is 0 Å². The molecular formula is C11H16N2O. The third-order valence-electron chi connectivity index (χ3n) is 2.85. The Morgan fingerprint density at radius 2 is 2.29 bits per heavy atom. The van der Waals surface area contributed by atoms with Gasteiger partial charge < -0.3 is 10.0 Å². The number of likely N-dealkylation sites (N-methyl/N-ethyl adjacent to an activating group) is 1. The number of hydrogen-bond donors (Lipinski definition) is 1. The number of aromatic nitrogens is 1. The van der Waals surface area contributed by atoms with E-state index in [9.17, 15) is 5.11 Å². The Morgan fingerprint density at radius 3 is 2.86 bits per heavy atom. The number of nitrogens with zero attached hydrogens (tertiary/aromatic N) is 2. The molecule has 1 atom stereocenters. The highest BCUT2D eigenvalue weighted by Crippen LogP contribution is 2.30. The Labute approximate surface area is 84.4 Å². The lowest BCUT2D eigenvalue weighted by Crippen LogP contribution is -2.29. The molecule has 76 valence electrons. The molecule has 0 bridgehead atoms. The van der Waals surface area contributed by atoms with Gasteiger partial charge in [0.25, 0.3) is 0 Å². The van der Waals surface area contributed by atoms with Crippen LogP contribution < -0.4 is 0 Å². The number of aliphatic hydroxyl groups is 1. The first-order chi connectivity index (χ1) is 6.60. The first-order valence-corrected chi connectivity index (χ1v) is 4.93. The molecule has 0 amide bonds. The van der Waals surface area contributed by atoms with Crippen molar-refractivity contribution in [2.45, 2.75) is 18.9 Å². The molecule has 1 fully saturated rings. The topological polar surface area (TPSA) is 36.4 Å². The smallest absolute Gasteiger partial charge is 0.105 e. The van der Waals surface area contributed by atoms with Crippen LogP contribution in [0.3, 0.4) is 0 Å². The van der Waals surface area contributed by atoms with E-state index in [1.807, 2.05) is 26.2 Å². The molecule has 1 aromatic rings. The maximum absolute atomic E-state index is 10.4. The molecule has 2 rings (SSSR count). The van der Waals surface area contributed by atoms with E-state index < -0.39 is 5.60 Å². The SMILES string of the molecule is Cc1cncc(C2(O)CCN(C)C2)c1. The fraction of sp³-hybridized carbons (Fsp3) is 0.545. The highest BCUT2D eigenvalue weighted by Gasteiger charge is 2.36. The van der Waals surface area contributed by atoms with Crippen molar-refractivity contribution in [2.24, 2.45) is 0 Å². The Hall–Kier alpha value is -0.930. The van der Waals surface area contributed by atoms with Crippen molar-refractivity contribution in [2.75, 3.05) is 20.1 Å². The summed E-state index contributed by atoms with van der Waals surface area (Å²) in [6.45, 7) is 3.65. The minimum atomic E-state index is -0.687. The lowest BCUT2D eigenvalue weighted by atomic mass is 9.94. The Morgan fingerprint density at radius 1 is 1.50 bits per heavy atom. The maximum Gasteiger partial charge on any atom is 0.105 e. The molecule has 3 nitrogen and oxygen atoms in total. The van der Waals surface area contributed by atoms with Gasteiger partial charge in [0.15, 0.2) is 0 Å². The Balaban J connectivity index is 2.30. The first kappa shape index (κ1) is 9.62. The van der Waals surface area contributed by atoms with Crippen molar-refractivity contribution < 1.29 is 5.11 Å². The van der Waals surface area contributed by atoms with Crippen LogP contribution in [0.5, 0.6) is 0 Å². The van der Waals surface area contributed by atoms with Crippen molar-refractivity contribution in [3.05, 3.63) is 29.6 Å². The van der Waals surface area contributed by atoms with Crippen molar-refractivity contribution in [3.63, 3.8) is 0 Å². The van der Waals surface area contributed by atoms with Gasteiger partial charge >= 0.3 is 0 Å². The van der Waals surface area contributed by atoms with Gasteiger partial charge in [-0.1, -0.05) is 6.07 Å². The Bertz CT molecular complexity index is 340. The number of β-amino-alcohol motifs (C(OH)–C–C–N with tert-alkyl or cyclic N) is 1. The molecule has 1 aliphatic rings. The number of aryl methyl sites for hydroxylation is 1. The predicted octanol–water partition coefficient (Wildman–Crippen LogP) is 0.913. The summed E-state index contributed by atoms with van der Waals surface area (Å²) in [7, 11) is 2.03. The molecule has 1 N–H and O–H groups in total. The summed E-state index contributed by atoms with van der Waals surface area (Å²) >= 11 is 0. The summed E-state index contributed by atoms with van der Waals surface area (Å²) in [5, 5.41) is 10.4. The third-order valence-corrected chi connectivity index (χ3v) is 2.85. The molecule has 1 unspecified atom stereocenters. The van der Waals surface area contributed by atoms with Crippen molar-refractivity contribution in [1.82, 2.24) is 9.88 Å². The molecule has 14 heavy (non-hydrogen) atoms. The van der Waals surface area contributed by atoms with Crippen LogP contribution in [0.25, 0.3) is 0 Å². The second-order valence-electron chi connectivity index (χ2n) is 4.27. The molecule has 0 aromatic carbocycles. The van der Waals surface area contributed by atoms with Crippen LogP contribution in [0.4, 0.5) is 0 Å². The van der Waals surface area contributed by atoms with Gasteiger partial charge in [-0.15, -0.1) is 0 Å². The number of pyridine rings is 1. The molecule has 1 saturated heterocycles. The zero-order chi connectivity index (χ0) is 10.2. The monoisotopic (exact) mass is 192 g/mol. The van der Waals surface area contributed by atoms with E-state index in [1.54, 1.807) is 6.20 Å². The average molecular weight is 192 g/mol. The first-order valence-electron chi connectivity index (χ1n) is 4.93. The van der Waals surface area contributed by atoms with Crippen LogP contribution in [0.2, 0.25) is 0 Å². The van der Waals surface area contributed by atoms with Gasteiger partial charge in [-0.05, 0) is 26.0 Å². The van der Waals surface area contributed by atoms with Crippen molar-refractivity contribution >= 4 is 0 Å². The molecule has 0 saturated carbocycles. The molecule has 0 spiro atoms. The number of rotatable bonds is 1. The van der Waals surface area contributed by atoms with Crippen LogP contribution in [0.15, 0.2) is 18.5 Å². The van der Waals surface area contributed by atoms with Crippen LogP contribution in [0, 0.1) is 6.92 Å². The van der Waals surface area contributed by atoms with Gasteiger partial charge in [-0.2, -0.15) is 0 Å². The van der Waals surface area contributed by atoms with Gasteiger partial charge in [0.05, 0.1) is 0 Å². The summed E-state index contributed by atoms with van der Waals surface area (Å²) in [5.41, 5.74) is 1.36. The molecule has 3 heteroatoms. The second kappa shape index (κ2) is 3.33. The van der Waals surface area contributed by atoms with Gasteiger partial charge in [0, 0.05) is 31.0 Å². The summed E-state index contributed by atoms with van der Waals surface area (Å²) < 4.78 is 0. The van der Waals surface area contributed by atoms with Gasteiger partial charge in [-0.3, -0.25) is 4.98 Å². The second-order valence-corrected chi connectivity index (χ2v) is 4.27. The van der Waals surface area contributed by atoms with Crippen molar-refractivity contribution in [1.29, 1.82) is 0 Å². The largest absolute Gasteiger partial charge is 0.384 e. The summed E-state index contributed by atoms with van der Waals surface area (Å²) in [6.07, 6.45) is 4.38. The highest BCUT2D eigenvalue weighted by atomic mass is 16.3. The normalized spacial score (nSPS) is 28.2. The van der Waals surface area contributed by atoms with Gasteiger partial charge in [0.2, 0.25) is 0 Å². The summed E-state index contributed by atoms with van der Waals surface area (Å²) in [4.78, 5) is 6.26. The van der Waals surface area contributed by atoms with Crippen LogP contribution in [-0.4, -0.2) is 35.1 Å². The predicted molar refractivity (Wildman–Crippen MR) is 55.0 cm³/mol. The van der Waals surface area contributed by atoms with Crippen molar-refractivity contribution in [3.8, 4) is 0 Å². The fourth-order valence-corrected chi connectivity index (χ4v) is 2.03. The molecular weight excluding hydrogens is 176 g/mol. The van der Waals surface area contributed by atoms with E-state index in [-0.39, 0.29) is 0 Å². The van der Waals surface area contributed by atoms with E-state index in [1.165, 1.54) is 0 Å². The average Bonchev–Trinajstić information content (AvgIpc) is 2.48. The van der Waals surface area contributed by atoms with Crippen LogP contribution in [-0.2, 0) is 5.60 Å². The van der Waals surface area contributed by atoms with E-state index in [0.29, 0.717) is 6.54 Å². The minimum absolute atomic E-state index is 0.687. The zero-order valence-electron chi connectivity index (χ0n) is 8.70. The molecule has 1 aromatic heterocycles. The maximum atomic E-state index is 10.4. The third kappa shape index (κ3) is 1.65. The fourth-order valence-electron chi connectivity index (χ4n) is 2.03. The number of likely N-dealkylation sites (tertiary alicyclic amines) is 1. The van der Waals surface area contributed by atoms with E-state index in [0.717, 1.165) is 24.1 Å². The Kier molecular flexibility index (Phi) is 2.29. The lowest BCUT2D eigenvalue weighted by molar-refractivity contribution is 0.0485. The molecule has 2 heterocycles.